The number of nitrogens with zero attached hydrogens (tertiary/aromatic N) is 3. The van der Waals surface area contributed by atoms with Gasteiger partial charge >= 0.3 is 0 Å². The van der Waals surface area contributed by atoms with E-state index < -0.39 is 12.3 Å². The number of ether oxygens (including phenoxy) is 1. The quantitative estimate of drug-likeness (QED) is 0.292. The molecule has 10 heteroatoms. The molecule has 1 aliphatic heterocycles. The van der Waals surface area contributed by atoms with Gasteiger partial charge in [0.05, 0.1) is 0 Å². The Morgan fingerprint density at radius 1 is 1.08 bits per heavy atom. The van der Waals surface area contributed by atoms with Gasteiger partial charge in [-0.1, -0.05) is 60.1 Å². The van der Waals surface area contributed by atoms with Gasteiger partial charge in [-0.2, -0.15) is 0 Å². The second kappa shape index (κ2) is 11.6. The molecular weight excluding hydrogens is 518 g/mol. The molecule has 39 heavy (non-hydrogen) atoms. The molecule has 9 nitrogen and oxygen atoms in total. The number of benzene rings is 3. The lowest BCUT2D eigenvalue weighted by molar-refractivity contribution is 0.0726. The SMILES string of the molecule is CCn1c(COc2cccc(C(=O)NCc3ccccc3)c2)nc2c1C(=O)NC(O)N2Cc1ccc(Cl)cc1. The van der Waals surface area contributed by atoms with Crippen molar-refractivity contribution in [2.24, 2.45) is 0 Å². The molecule has 1 aromatic heterocycles. The summed E-state index contributed by atoms with van der Waals surface area (Å²) in [4.78, 5) is 31.8. The minimum Gasteiger partial charge on any atom is -0.486 e. The van der Waals surface area contributed by atoms with Crippen molar-refractivity contribution in [3.8, 4) is 5.75 Å². The van der Waals surface area contributed by atoms with Crippen LogP contribution in [0.25, 0.3) is 0 Å². The zero-order valence-corrected chi connectivity index (χ0v) is 22.1. The van der Waals surface area contributed by atoms with Gasteiger partial charge in [0.15, 0.2) is 11.5 Å². The number of rotatable bonds is 9. The maximum atomic E-state index is 12.8. The maximum Gasteiger partial charge on any atom is 0.275 e. The highest BCUT2D eigenvalue weighted by Crippen LogP contribution is 2.29. The monoisotopic (exact) mass is 545 g/mol. The smallest absolute Gasteiger partial charge is 0.275 e. The molecule has 1 atom stereocenters. The second-order valence-electron chi connectivity index (χ2n) is 9.03. The van der Waals surface area contributed by atoms with Gasteiger partial charge in [-0.25, -0.2) is 4.98 Å². The van der Waals surface area contributed by atoms with Gasteiger partial charge in [0.1, 0.15) is 18.2 Å². The third-order valence-corrected chi connectivity index (χ3v) is 6.67. The highest BCUT2D eigenvalue weighted by atomic mass is 35.5. The fourth-order valence-electron chi connectivity index (χ4n) is 4.44. The van der Waals surface area contributed by atoms with E-state index in [0.29, 0.717) is 53.3 Å². The predicted molar refractivity (Wildman–Crippen MR) is 147 cm³/mol. The summed E-state index contributed by atoms with van der Waals surface area (Å²) in [6.07, 6.45) is -1.24. The van der Waals surface area contributed by atoms with Crippen LogP contribution in [0.5, 0.6) is 5.75 Å². The Kier molecular flexibility index (Phi) is 7.81. The number of amides is 2. The first kappa shape index (κ1) is 26.3. The van der Waals surface area contributed by atoms with Crippen molar-refractivity contribution >= 4 is 29.2 Å². The Hall–Kier alpha value is -4.34. The largest absolute Gasteiger partial charge is 0.486 e. The number of aromatic nitrogens is 2. The highest BCUT2D eigenvalue weighted by Gasteiger charge is 2.35. The Balaban J connectivity index is 1.32. The zero-order valence-electron chi connectivity index (χ0n) is 21.3. The molecule has 1 unspecified atom stereocenters. The van der Waals surface area contributed by atoms with E-state index in [1.165, 1.54) is 0 Å². The molecule has 5 rings (SSSR count). The first-order valence-corrected chi connectivity index (χ1v) is 12.9. The Morgan fingerprint density at radius 3 is 2.59 bits per heavy atom. The van der Waals surface area contributed by atoms with Crippen LogP contribution in [0.2, 0.25) is 5.02 Å². The minimum atomic E-state index is -1.24. The van der Waals surface area contributed by atoms with Gasteiger partial charge in [-0.15, -0.1) is 0 Å². The van der Waals surface area contributed by atoms with Crippen LogP contribution in [0.1, 0.15) is 44.7 Å². The number of carbonyl (C=O) groups excluding carboxylic acids is 2. The summed E-state index contributed by atoms with van der Waals surface area (Å²) in [6.45, 7) is 3.18. The predicted octanol–water partition coefficient (Wildman–Crippen LogP) is 4.09. The Bertz CT molecular complexity index is 1470. The number of imidazole rings is 1. The lowest BCUT2D eigenvalue weighted by Gasteiger charge is -2.33. The first-order valence-electron chi connectivity index (χ1n) is 12.6. The number of nitrogens with one attached hydrogen (secondary N) is 2. The summed E-state index contributed by atoms with van der Waals surface area (Å²) in [5.74, 6) is 0.761. The van der Waals surface area contributed by atoms with E-state index in [9.17, 15) is 14.7 Å². The fourth-order valence-corrected chi connectivity index (χ4v) is 4.57. The molecule has 2 heterocycles. The van der Waals surface area contributed by atoms with Crippen LogP contribution < -0.4 is 20.3 Å². The lowest BCUT2D eigenvalue weighted by Crippen LogP contribution is -2.53. The number of aliphatic hydroxyl groups is 1. The molecule has 200 valence electrons. The lowest BCUT2D eigenvalue weighted by atomic mass is 10.2. The zero-order chi connectivity index (χ0) is 27.4. The summed E-state index contributed by atoms with van der Waals surface area (Å²) in [5, 5.41) is 16.7. The molecule has 0 saturated carbocycles. The number of carbonyl (C=O) groups is 2. The highest BCUT2D eigenvalue weighted by molar-refractivity contribution is 6.30. The molecule has 1 aliphatic rings. The van der Waals surface area contributed by atoms with Gasteiger partial charge in [0.2, 0.25) is 6.35 Å². The average Bonchev–Trinajstić information content (AvgIpc) is 3.33. The Morgan fingerprint density at radius 2 is 1.85 bits per heavy atom. The van der Waals surface area contributed by atoms with E-state index in [-0.39, 0.29) is 12.5 Å². The summed E-state index contributed by atoms with van der Waals surface area (Å²) < 4.78 is 7.77. The minimum absolute atomic E-state index is 0.0636. The third kappa shape index (κ3) is 5.89. The Labute approximate surface area is 231 Å². The fraction of sp³-hybridized carbons (Fsp3) is 0.207. The van der Waals surface area contributed by atoms with Gasteiger partial charge in [0, 0.05) is 30.2 Å². The van der Waals surface area contributed by atoms with Crippen LogP contribution in [-0.4, -0.2) is 32.8 Å². The van der Waals surface area contributed by atoms with Gasteiger partial charge in [-0.3, -0.25) is 9.59 Å². The van der Waals surface area contributed by atoms with Crippen LogP contribution in [0.15, 0.2) is 78.9 Å². The van der Waals surface area contributed by atoms with Crippen LogP contribution in [0.4, 0.5) is 5.82 Å². The van der Waals surface area contributed by atoms with E-state index in [4.69, 9.17) is 21.3 Å². The third-order valence-electron chi connectivity index (χ3n) is 6.41. The molecule has 0 saturated heterocycles. The summed E-state index contributed by atoms with van der Waals surface area (Å²) in [6, 6.07) is 23.8. The number of fused-ring (bicyclic) bond motifs is 1. The van der Waals surface area contributed by atoms with Crippen molar-refractivity contribution in [3.05, 3.63) is 112 Å². The molecule has 0 spiro atoms. The van der Waals surface area contributed by atoms with Gasteiger partial charge in [0.25, 0.3) is 11.8 Å². The maximum absolute atomic E-state index is 12.8. The van der Waals surface area contributed by atoms with Crippen LogP contribution >= 0.6 is 11.6 Å². The van der Waals surface area contributed by atoms with E-state index in [1.807, 2.05) is 49.4 Å². The first-order chi connectivity index (χ1) is 18.9. The van der Waals surface area contributed by atoms with Crippen LogP contribution in [-0.2, 0) is 26.2 Å². The second-order valence-corrected chi connectivity index (χ2v) is 9.47. The molecular formula is C29H28ClN5O4. The summed E-state index contributed by atoms with van der Waals surface area (Å²) in [5.41, 5.74) is 2.72. The summed E-state index contributed by atoms with van der Waals surface area (Å²) in [7, 11) is 0. The van der Waals surface area contributed by atoms with Crippen molar-refractivity contribution in [2.45, 2.75) is 39.5 Å². The van der Waals surface area contributed by atoms with E-state index in [0.717, 1.165) is 11.1 Å². The average molecular weight is 546 g/mol. The summed E-state index contributed by atoms with van der Waals surface area (Å²) >= 11 is 6.01. The number of anilines is 1. The standard InChI is InChI=1S/C29H28ClN5O4/c1-2-34-24(18-39-23-10-6-9-21(15-23)27(36)31-16-19-7-4-3-5-8-19)32-26-25(34)28(37)33-29(38)35(26)17-20-11-13-22(30)14-12-20/h3-15,29,38H,2,16-18H2,1H3,(H,31,36)(H,33,37). The van der Waals surface area contributed by atoms with E-state index >= 15 is 0 Å². The molecule has 0 fully saturated rings. The molecule has 0 radical (unpaired) electrons. The van der Waals surface area contributed by atoms with Gasteiger partial charge in [-0.05, 0) is 48.4 Å². The van der Waals surface area contributed by atoms with Crippen LogP contribution in [0, 0.1) is 0 Å². The van der Waals surface area contributed by atoms with Crippen molar-refractivity contribution in [3.63, 3.8) is 0 Å². The molecule has 2 amide bonds. The molecule has 0 aliphatic carbocycles. The number of hydrogen-bond donors (Lipinski definition) is 3. The van der Waals surface area contributed by atoms with Crippen molar-refractivity contribution in [2.75, 3.05) is 4.90 Å². The molecule has 3 aromatic carbocycles. The molecule has 0 bridgehead atoms. The molecule has 4 aromatic rings. The van der Waals surface area contributed by atoms with Crippen molar-refractivity contribution < 1.29 is 19.4 Å². The number of halogens is 1. The van der Waals surface area contributed by atoms with Crippen LogP contribution in [0.3, 0.4) is 0 Å². The normalized spacial score (nSPS) is 14.5. The number of aliphatic hydroxyl groups excluding tert-OH is 1. The van der Waals surface area contributed by atoms with Gasteiger partial charge < -0.3 is 29.9 Å². The van der Waals surface area contributed by atoms with E-state index in [1.54, 1.807) is 45.9 Å². The van der Waals surface area contributed by atoms with Crippen molar-refractivity contribution in [1.29, 1.82) is 0 Å². The van der Waals surface area contributed by atoms with Crippen molar-refractivity contribution in [1.82, 2.24) is 20.2 Å². The number of hydrogen-bond acceptors (Lipinski definition) is 6. The molecule has 3 N–H and O–H groups in total. The topological polar surface area (TPSA) is 109 Å². The van der Waals surface area contributed by atoms with E-state index in [2.05, 4.69) is 10.6 Å².